The first-order valence-corrected chi connectivity index (χ1v) is 11.2. The summed E-state index contributed by atoms with van der Waals surface area (Å²) < 4.78 is 1.22. The zero-order valence-corrected chi connectivity index (χ0v) is 19.0. The van der Waals surface area contributed by atoms with Crippen LogP contribution >= 0.6 is 11.3 Å². The second-order valence-corrected chi connectivity index (χ2v) is 10.4. The first-order valence-electron chi connectivity index (χ1n) is 10.4. The highest BCUT2D eigenvalue weighted by atomic mass is 32.1. The van der Waals surface area contributed by atoms with Crippen LogP contribution in [0.4, 0.5) is 5.69 Å². The van der Waals surface area contributed by atoms with Crippen LogP contribution in [0, 0.1) is 18.3 Å². The SMILES string of the molecule is Cc1ccc(NC(=O)C(C)n2nnc3sc4c(c3c2=O)CCC(C(C)(C)C)C4)cc1. The second-order valence-electron chi connectivity index (χ2n) is 9.36. The van der Waals surface area contributed by atoms with Gasteiger partial charge in [0.2, 0.25) is 5.91 Å². The van der Waals surface area contributed by atoms with Crippen LogP contribution in [0.2, 0.25) is 0 Å². The molecule has 0 saturated heterocycles. The fourth-order valence-corrected chi connectivity index (χ4v) is 5.33. The van der Waals surface area contributed by atoms with Crippen LogP contribution < -0.4 is 10.9 Å². The van der Waals surface area contributed by atoms with Gasteiger partial charge in [-0.1, -0.05) is 43.7 Å². The van der Waals surface area contributed by atoms with Gasteiger partial charge in [0.15, 0.2) is 4.83 Å². The molecule has 0 bridgehead atoms. The van der Waals surface area contributed by atoms with Crippen LogP contribution in [0.5, 0.6) is 0 Å². The number of aryl methyl sites for hydroxylation is 2. The molecule has 0 fully saturated rings. The number of carbonyl (C=O) groups excluding carboxylic acids is 1. The highest BCUT2D eigenvalue weighted by Gasteiger charge is 2.32. The number of nitrogens with zero attached hydrogens (tertiary/aromatic N) is 3. The first kappa shape index (κ1) is 20.7. The molecule has 0 radical (unpaired) electrons. The average Bonchev–Trinajstić information content (AvgIpc) is 3.07. The third kappa shape index (κ3) is 3.78. The molecule has 2 atom stereocenters. The highest BCUT2D eigenvalue weighted by Crippen LogP contribution is 2.41. The highest BCUT2D eigenvalue weighted by molar-refractivity contribution is 7.18. The minimum atomic E-state index is -0.753. The lowest BCUT2D eigenvalue weighted by molar-refractivity contribution is -0.119. The quantitative estimate of drug-likeness (QED) is 0.671. The first-order chi connectivity index (χ1) is 14.1. The van der Waals surface area contributed by atoms with Crippen molar-refractivity contribution in [3.8, 4) is 0 Å². The molecule has 0 spiro atoms. The summed E-state index contributed by atoms with van der Waals surface area (Å²) in [5.41, 5.74) is 2.93. The normalized spacial score (nSPS) is 17.6. The van der Waals surface area contributed by atoms with Crippen molar-refractivity contribution >= 4 is 33.1 Å². The molecule has 3 aromatic rings. The van der Waals surface area contributed by atoms with E-state index in [9.17, 15) is 9.59 Å². The van der Waals surface area contributed by atoms with E-state index in [0.717, 1.165) is 30.4 Å². The van der Waals surface area contributed by atoms with Crippen LogP contribution in [0.15, 0.2) is 29.1 Å². The summed E-state index contributed by atoms with van der Waals surface area (Å²) in [6.07, 6.45) is 2.92. The Kier molecular flexibility index (Phi) is 5.26. The van der Waals surface area contributed by atoms with E-state index in [2.05, 4.69) is 36.4 Å². The van der Waals surface area contributed by atoms with Gasteiger partial charge in [0, 0.05) is 10.6 Å². The number of hydrogen-bond donors (Lipinski definition) is 1. The molecule has 4 rings (SSSR count). The number of amides is 1. The van der Waals surface area contributed by atoms with Gasteiger partial charge in [-0.2, -0.15) is 4.68 Å². The van der Waals surface area contributed by atoms with E-state index >= 15 is 0 Å². The van der Waals surface area contributed by atoms with Crippen molar-refractivity contribution in [1.82, 2.24) is 15.0 Å². The minimum Gasteiger partial charge on any atom is -0.324 e. The number of fused-ring (bicyclic) bond motifs is 3. The molecule has 158 valence electrons. The van der Waals surface area contributed by atoms with E-state index in [-0.39, 0.29) is 16.9 Å². The predicted molar refractivity (Wildman–Crippen MR) is 121 cm³/mol. The molecule has 2 aromatic heterocycles. The van der Waals surface area contributed by atoms with Gasteiger partial charge in [0.05, 0.1) is 5.39 Å². The number of nitrogens with one attached hydrogen (secondary N) is 1. The van der Waals surface area contributed by atoms with Crippen LogP contribution in [0.25, 0.3) is 10.2 Å². The predicted octanol–water partition coefficient (Wildman–Crippen LogP) is 4.51. The molecule has 1 aliphatic rings. The Morgan fingerprint density at radius 3 is 2.63 bits per heavy atom. The third-order valence-corrected chi connectivity index (χ3v) is 7.33. The lowest BCUT2D eigenvalue weighted by atomic mass is 9.72. The summed E-state index contributed by atoms with van der Waals surface area (Å²) in [4.78, 5) is 27.9. The van der Waals surface area contributed by atoms with E-state index < -0.39 is 6.04 Å². The fourth-order valence-electron chi connectivity index (χ4n) is 4.09. The van der Waals surface area contributed by atoms with Gasteiger partial charge in [-0.3, -0.25) is 9.59 Å². The maximum Gasteiger partial charge on any atom is 0.279 e. The van der Waals surface area contributed by atoms with E-state index in [1.807, 2.05) is 31.2 Å². The van der Waals surface area contributed by atoms with E-state index in [1.54, 1.807) is 18.3 Å². The Bertz CT molecular complexity index is 1150. The molecule has 7 heteroatoms. The summed E-state index contributed by atoms with van der Waals surface area (Å²) in [7, 11) is 0. The van der Waals surface area contributed by atoms with Gasteiger partial charge in [0.1, 0.15) is 6.04 Å². The molecule has 30 heavy (non-hydrogen) atoms. The molecule has 1 aliphatic carbocycles. The van der Waals surface area contributed by atoms with Crippen molar-refractivity contribution in [3.63, 3.8) is 0 Å². The van der Waals surface area contributed by atoms with Crippen LogP contribution in [0.3, 0.4) is 0 Å². The average molecular weight is 425 g/mol. The van der Waals surface area contributed by atoms with Crippen molar-refractivity contribution in [2.24, 2.45) is 11.3 Å². The number of anilines is 1. The number of thiophene rings is 1. The molecular weight excluding hydrogens is 396 g/mol. The Morgan fingerprint density at radius 2 is 1.97 bits per heavy atom. The summed E-state index contributed by atoms with van der Waals surface area (Å²) in [6.45, 7) is 10.5. The maximum atomic E-state index is 13.3. The summed E-state index contributed by atoms with van der Waals surface area (Å²) in [6, 6.07) is 6.80. The largest absolute Gasteiger partial charge is 0.324 e. The van der Waals surface area contributed by atoms with Gasteiger partial charge in [-0.25, -0.2) is 0 Å². The zero-order chi connectivity index (χ0) is 21.6. The topological polar surface area (TPSA) is 76.9 Å². The lowest BCUT2D eigenvalue weighted by Gasteiger charge is -2.33. The number of aromatic nitrogens is 3. The van der Waals surface area contributed by atoms with E-state index in [0.29, 0.717) is 21.8 Å². The summed E-state index contributed by atoms with van der Waals surface area (Å²) >= 11 is 1.58. The maximum absolute atomic E-state index is 13.3. The molecule has 6 nitrogen and oxygen atoms in total. The van der Waals surface area contributed by atoms with Crippen LogP contribution in [-0.2, 0) is 17.6 Å². The molecule has 2 unspecified atom stereocenters. The standard InChI is InChI=1S/C23H28N4O2S/c1-13-6-9-16(10-7-13)24-20(28)14(2)27-22(29)19-17-11-8-15(23(3,4)5)12-18(17)30-21(19)25-26-27/h6-7,9-10,14-15H,8,11-12H2,1-5H3,(H,24,28). The summed E-state index contributed by atoms with van der Waals surface area (Å²) in [5, 5.41) is 11.9. The second kappa shape index (κ2) is 7.61. The van der Waals surface area contributed by atoms with Crippen molar-refractivity contribution < 1.29 is 4.79 Å². The van der Waals surface area contributed by atoms with Gasteiger partial charge < -0.3 is 5.32 Å². The molecule has 0 aliphatic heterocycles. The van der Waals surface area contributed by atoms with Crippen molar-refractivity contribution in [3.05, 3.63) is 50.6 Å². The van der Waals surface area contributed by atoms with E-state index in [4.69, 9.17) is 0 Å². The smallest absolute Gasteiger partial charge is 0.279 e. The van der Waals surface area contributed by atoms with Crippen LogP contribution in [-0.4, -0.2) is 20.9 Å². The Hall–Kier alpha value is -2.54. The lowest BCUT2D eigenvalue weighted by Crippen LogP contribution is -2.34. The number of carbonyl (C=O) groups is 1. The number of benzene rings is 1. The van der Waals surface area contributed by atoms with Crippen molar-refractivity contribution in [2.45, 2.75) is 59.9 Å². The van der Waals surface area contributed by atoms with Gasteiger partial charge in [-0.15, -0.1) is 16.4 Å². The molecule has 1 amide bonds. The number of hydrogen-bond acceptors (Lipinski definition) is 5. The molecular formula is C23H28N4O2S. The van der Waals surface area contributed by atoms with Gasteiger partial charge in [-0.05, 0) is 62.1 Å². The van der Waals surface area contributed by atoms with Gasteiger partial charge in [0.25, 0.3) is 5.56 Å². The van der Waals surface area contributed by atoms with Crippen molar-refractivity contribution in [1.29, 1.82) is 0 Å². The zero-order valence-electron chi connectivity index (χ0n) is 18.2. The summed E-state index contributed by atoms with van der Waals surface area (Å²) in [5.74, 6) is 0.305. The Morgan fingerprint density at radius 1 is 1.27 bits per heavy atom. The number of rotatable bonds is 3. The van der Waals surface area contributed by atoms with Crippen LogP contribution in [0.1, 0.15) is 56.2 Å². The monoisotopic (exact) mass is 424 g/mol. The molecule has 1 aromatic carbocycles. The van der Waals surface area contributed by atoms with E-state index in [1.165, 1.54) is 9.56 Å². The molecule has 1 N–H and O–H groups in total. The Labute approximate surface area is 180 Å². The minimum absolute atomic E-state index is 0.224. The fraction of sp³-hybridized carbons (Fsp3) is 0.478. The molecule has 2 heterocycles. The van der Waals surface area contributed by atoms with Crippen molar-refractivity contribution in [2.75, 3.05) is 5.32 Å². The molecule has 0 saturated carbocycles. The Balaban J connectivity index is 1.64. The third-order valence-electron chi connectivity index (χ3n) is 6.19. The van der Waals surface area contributed by atoms with Gasteiger partial charge >= 0.3 is 0 Å².